The third kappa shape index (κ3) is 7.57. The van der Waals surface area contributed by atoms with Crippen LogP contribution in [0.5, 0.6) is 0 Å². The maximum absolute atomic E-state index is 5.73. The normalized spacial score (nSPS) is 12.4. The molecule has 2 aliphatic heterocycles. The van der Waals surface area contributed by atoms with Crippen LogP contribution >= 0.6 is 0 Å². The molecule has 0 saturated carbocycles. The molecule has 7 heteroatoms. The van der Waals surface area contributed by atoms with Gasteiger partial charge in [0.2, 0.25) is 0 Å². The number of fused-ring (bicyclic) bond motifs is 4. The van der Waals surface area contributed by atoms with Gasteiger partial charge in [-0.25, -0.2) is 15.0 Å². The van der Waals surface area contributed by atoms with Gasteiger partial charge in [-0.1, -0.05) is 200 Å². The zero-order valence-electron chi connectivity index (χ0n) is 41.3. The first-order chi connectivity index (χ1) is 37.8. The van der Waals surface area contributed by atoms with Crippen LogP contribution in [0.3, 0.4) is 0 Å². The molecular formula is C69H47N7. The highest BCUT2D eigenvalue weighted by Gasteiger charge is 2.36. The van der Waals surface area contributed by atoms with E-state index in [0.717, 1.165) is 107 Å². The van der Waals surface area contributed by atoms with E-state index < -0.39 is 0 Å². The molecule has 0 bridgehead atoms. The van der Waals surface area contributed by atoms with E-state index in [4.69, 9.17) is 15.0 Å². The Kier molecular flexibility index (Phi) is 11.0. The molecule has 12 aromatic rings. The highest BCUT2D eigenvalue weighted by molar-refractivity contribution is 6.09. The molecule has 7 nitrogen and oxygen atoms in total. The van der Waals surface area contributed by atoms with Gasteiger partial charge in [-0.05, 0) is 96.1 Å². The molecule has 2 aliphatic rings. The molecule has 14 rings (SSSR count). The third-order valence-electron chi connectivity index (χ3n) is 14.3. The van der Waals surface area contributed by atoms with Crippen molar-refractivity contribution in [1.29, 1.82) is 0 Å². The summed E-state index contributed by atoms with van der Waals surface area (Å²) in [6, 6.07) is 101. The van der Waals surface area contributed by atoms with Gasteiger partial charge < -0.3 is 19.6 Å². The fourth-order valence-electron chi connectivity index (χ4n) is 11.0. The van der Waals surface area contributed by atoms with Crippen LogP contribution in [0.15, 0.2) is 285 Å². The molecule has 11 aromatic carbocycles. The first-order valence-electron chi connectivity index (χ1n) is 25.6. The summed E-state index contributed by atoms with van der Waals surface area (Å²) in [5, 5.41) is 0. The molecule has 0 spiro atoms. The highest BCUT2D eigenvalue weighted by atomic mass is 15.3. The Morgan fingerprint density at radius 3 is 0.763 bits per heavy atom. The summed E-state index contributed by atoms with van der Waals surface area (Å²) in [6.07, 6.45) is 0. The molecule has 3 heterocycles. The lowest BCUT2D eigenvalue weighted by Gasteiger charge is -2.41. The molecule has 76 heavy (non-hydrogen) atoms. The SMILES string of the molecule is c1ccc(-c2nc(-c3cccc(-c4ccccc4)c3N3c4ccccc4N(c4ccccc4)c4ccccc43)nc(-c3cccc(-c4ccccc4)c3N3c4ccccc4N(c4ccccc4)c4ccccc43)n2)cc1. The van der Waals surface area contributed by atoms with E-state index in [-0.39, 0.29) is 0 Å². The van der Waals surface area contributed by atoms with Crippen LogP contribution in [0.1, 0.15) is 0 Å². The predicted molar refractivity (Wildman–Crippen MR) is 313 cm³/mol. The lowest BCUT2D eigenvalue weighted by atomic mass is 9.95. The summed E-state index contributed by atoms with van der Waals surface area (Å²) >= 11 is 0. The van der Waals surface area contributed by atoms with Gasteiger partial charge in [0.05, 0.1) is 56.9 Å². The third-order valence-corrected chi connectivity index (χ3v) is 14.3. The number of aromatic nitrogens is 3. The fraction of sp³-hybridized carbons (Fsp3) is 0. The monoisotopic (exact) mass is 973 g/mol. The van der Waals surface area contributed by atoms with Crippen LogP contribution < -0.4 is 19.6 Å². The van der Waals surface area contributed by atoms with Crippen molar-refractivity contribution in [3.05, 3.63) is 285 Å². The molecule has 0 atom stereocenters. The maximum atomic E-state index is 5.73. The molecule has 0 saturated heterocycles. The molecule has 0 unspecified atom stereocenters. The average Bonchev–Trinajstić information content (AvgIpc) is 3.50. The Labute approximate surface area is 442 Å². The Balaban J connectivity index is 1.05. The molecule has 0 N–H and O–H groups in total. The second-order valence-electron chi connectivity index (χ2n) is 18.8. The Bertz CT molecular complexity index is 3740. The van der Waals surface area contributed by atoms with Crippen molar-refractivity contribution in [2.45, 2.75) is 0 Å². The van der Waals surface area contributed by atoms with Crippen molar-refractivity contribution in [2.24, 2.45) is 0 Å². The summed E-state index contributed by atoms with van der Waals surface area (Å²) in [4.78, 5) is 26.3. The number of hydrogen-bond donors (Lipinski definition) is 0. The van der Waals surface area contributed by atoms with Gasteiger partial charge in [-0.3, -0.25) is 0 Å². The van der Waals surface area contributed by atoms with Gasteiger partial charge in [0.1, 0.15) is 0 Å². The number of nitrogens with zero attached hydrogens (tertiary/aromatic N) is 7. The molecular weight excluding hydrogens is 927 g/mol. The topological polar surface area (TPSA) is 51.6 Å². The number of para-hydroxylation sites is 12. The van der Waals surface area contributed by atoms with Crippen molar-refractivity contribution < 1.29 is 0 Å². The van der Waals surface area contributed by atoms with E-state index in [1.807, 2.05) is 18.2 Å². The first kappa shape index (κ1) is 44.3. The summed E-state index contributed by atoms with van der Waals surface area (Å²) in [7, 11) is 0. The van der Waals surface area contributed by atoms with E-state index in [1.54, 1.807) is 0 Å². The summed E-state index contributed by atoms with van der Waals surface area (Å²) in [5.41, 5.74) is 19.2. The van der Waals surface area contributed by atoms with Crippen LogP contribution in [-0.4, -0.2) is 15.0 Å². The first-order valence-corrected chi connectivity index (χ1v) is 25.6. The van der Waals surface area contributed by atoms with E-state index in [0.29, 0.717) is 17.5 Å². The largest absolute Gasteiger partial charge is 0.306 e. The van der Waals surface area contributed by atoms with Crippen molar-refractivity contribution in [3.8, 4) is 56.4 Å². The van der Waals surface area contributed by atoms with Crippen molar-refractivity contribution in [1.82, 2.24) is 15.0 Å². The molecule has 358 valence electrons. The zero-order valence-corrected chi connectivity index (χ0v) is 41.3. The second kappa shape index (κ2) is 18.9. The molecule has 0 radical (unpaired) electrons. The fourth-order valence-corrected chi connectivity index (χ4v) is 11.0. The maximum Gasteiger partial charge on any atom is 0.166 e. The minimum atomic E-state index is 0.544. The van der Waals surface area contributed by atoms with Crippen molar-refractivity contribution in [3.63, 3.8) is 0 Å². The summed E-state index contributed by atoms with van der Waals surface area (Å²) < 4.78 is 0. The average molecular weight is 974 g/mol. The minimum Gasteiger partial charge on any atom is -0.306 e. The number of benzene rings is 11. The van der Waals surface area contributed by atoms with Gasteiger partial charge in [0.15, 0.2) is 17.5 Å². The number of hydrogen-bond acceptors (Lipinski definition) is 7. The van der Waals surface area contributed by atoms with E-state index in [1.165, 1.54) is 0 Å². The number of anilines is 12. The van der Waals surface area contributed by atoms with Gasteiger partial charge in [0.25, 0.3) is 0 Å². The lowest BCUT2D eigenvalue weighted by molar-refractivity contribution is 1.07. The molecule has 0 aliphatic carbocycles. The van der Waals surface area contributed by atoms with Crippen molar-refractivity contribution >= 4 is 68.2 Å². The molecule has 0 amide bonds. The zero-order chi connectivity index (χ0) is 50.4. The van der Waals surface area contributed by atoms with Crippen LogP contribution in [0, 0.1) is 0 Å². The van der Waals surface area contributed by atoms with Crippen molar-refractivity contribution in [2.75, 3.05) is 19.6 Å². The van der Waals surface area contributed by atoms with Crippen LogP contribution in [0.4, 0.5) is 68.2 Å². The minimum absolute atomic E-state index is 0.544. The van der Waals surface area contributed by atoms with E-state index in [9.17, 15) is 0 Å². The molecule has 0 fully saturated rings. The smallest absolute Gasteiger partial charge is 0.166 e. The Morgan fingerprint density at radius 1 is 0.184 bits per heavy atom. The second-order valence-corrected chi connectivity index (χ2v) is 18.8. The quantitative estimate of drug-likeness (QED) is 0.143. The van der Waals surface area contributed by atoms with Crippen LogP contribution in [0.25, 0.3) is 56.4 Å². The lowest BCUT2D eigenvalue weighted by Crippen LogP contribution is -2.25. The highest BCUT2D eigenvalue weighted by Crippen LogP contribution is 2.59. The Morgan fingerprint density at radius 2 is 0.434 bits per heavy atom. The van der Waals surface area contributed by atoms with Crippen LogP contribution in [0.2, 0.25) is 0 Å². The van der Waals surface area contributed by atoms with Gasteiger partial charge in [-0.2, -0.15) is 0 Å². The van der Waals surface area contributed by atoms with E-state index >= 15 is 0 Å². The van der Waals surface area contributed by atoms with Gasteiger partial charge in [-0.15, -0.1) is 0 Å². The molecule has 1 aromatic heterocycles. The van der Waals surface area contributed by atoms with Crippen LogP contribution in [-0.2, 0) is 0 Å². The Hall–Kier alpha value is -10.4. The standard InChI is InChI=1S/C69H47N7/c1-6-26-48(27-7-1)53-36-24-38-55(65(53)75-61-44-20-16-40-57(61)73(51-32-12-4-13-33-51)58-41-17-21-45-62(58)75)68-70-67(50-30-10-3-11-31-50)71-69(72-68)56-39-25-37-54(49-28-8-2-9-29-49)66(56)76-63-46-22-18-42-59(63)74(52-34-14-5-15-35-52)60-43-19-23-47-64(60)76/h1-47H. The van der Waals surface area contributed by atoms with Gasteiger partial charge in [0, 0.05) is 39.2 Å². The number of rotatable bonds is 9. The summed E-state index contributed by atoms with van der Waals surface area (Å²) in [6.45, 7) is 0. The van der Waals surface area contributed by atoms with E-state index in [2.05, 4.69) is 287 Å². The van der Waals surface area contributed by atoms with Gasteiger partial charge >= 0.3 is 0 Å². The predicted octanol–water partition coefficient (Wildman–Crippen LogP) is 18.7. The summed E-state index contributed by atoms with van der Waals surface area (Å²) in [5.74, 6) is 1.66.